The molecule has 0 radical (unpaired) electrons. The van der Waals surface area contributed by atoms with Crippen molar-refractivity contribution < 1.29 is 19.1 Å². The number of hydrogen-bond acceptors (Lipinski definition) is 3. The van der Waals surface area contributed by atoms with Crippen molar-refractivity contribution in [3.63, 3.8) is 0 Å². The molecule has 1 amide bonds. The number of rotatable bonds is 6. The van der Waals surface area contributed by atoms with E-state index in [1.54, 1.807) is 6.92 Å². The first-order chi connectivity index (χ1) is 11.0. The average Bonchev–Trinajstić information content (AvgIpc) is 2.54. The van der Waals surface area contributed by atoms with E-state index in [0.29, 0.717) is 5.69 Å². The highest BCUT2D eigenvalue weighted by molar-refractivity contribution is 5.94. The number of benzene rings is 2. The van der Waals surface area contributed by atoms with Gasteiger partial charge in [-0.2, -0.15) is 0 Å². The Labute approximate surface area is 134 Å². The summed E-state index contributed by atoms with van der Waals surface area (Å²) in [5.41, 5.74) is 1.29. The van der Waals surface area contributed by atoms with Crippen molar-refractivity contribution >= 4 is 17.6 Å². The van der Waals surface area contributed by atoms with E-state index in [9.17, 15) is 19.1 Å². The number of aliphatic carboxylic acids is 1. The molecule has 0 spiro atoms. The van der Waals surface area contributed by atoms with Gasteiger partial charge < -0.3 is 15.2 Å². The molecule has 0 saturated heterocycles. The SMILES string of the molecule is C[C@H](c1ccccc1)[C@H](CC(=O)[O-])C(=O)Nc1ccc(F)cc1. The van der Waals surface area contributed by atoms with Gasteiger partial charge in [0.2, 0.25) is 5.91 Å². The highest BCUT2D eigenvalue weighted by atomic mass is 19.1. The molecule has 0 aliphatic carbocycles. The maximum absolute atomic E-state index is 12.9. The van der Waals surface area contributed by atoms with E-state index in [1.807, 2.05) is 30.3 Å². The summed E-state index contributed by atoms with van der Waals surface area (Å²) < 4.78 is 12.9. The summed E-state index contributed by atoms with van der Waals surface area (Å²) in [4.78, 5) is 23.5. The largest absolute Gasteiger partial charge is 0.550 e. The maximum Gasteiger partial charge on any atom is 0.228 e. The first kappa shape index (κ1) is 16.7. The van der Waals surface area contributed by atoms with Gasteiger partial charge in [-0.3, -0.25) is 4.79 Å². The van der Waals surface area contributed by atoms with E-state index in [0.717, 1.165) is 5.56 Å². The summed E-state index contributed by atoms with van der Waals surface area (Å²) in [6, 6.07) is 14.5. The molecule has 1 N–H and O–H groups in total. The van der Waals surface area contributed by atoms with Crippen molar-refractivity contribution in [2.75, 3.05) is 5.32 Å². The topological polar surface area (TPSA) is 69.2 Å². The van der Waals surface area contributed by atoms with E-state index in [1.165, 1.54) is 24.3 Å². The minimum Gasteiger partial charge on any atom is -0.550 e. The zero-order chi connectivity index (χ0) is 16.8. The molecule has 0 saturated carbocycles. The number of hydrogen-bond donors (Lipinski definition) is 1. The Hall–Kier alpha value is -2.69. The highest BCUT2D eigenvalue weighted by Gasteiger charge is 2.26. The minimum absolute atomic E-state index is 0.297. The number of carbonyl (C=O) groups is 2. The number of nitrogens with one attached hydrogen (secondary N) is 1. The quantitative estimate of drug-likeness (QED) is 0.889. The molecule has 5 heteroatoms. The van der Waals surface area contributed by atoms with Crippen LogP contribution in [-0.4, -0.2) is 11.9 Å². The Balaban J connectivity index is 2.18. The number of carboxylic acids is 1. The van der Waals surface area contributed by atoms with Gasteiger partial charge in [0.15, 0.2) is 0 Å². The van der Waals surface area contributed by atoms with Gasteiger partial charge in [-0.15, -0.1) is 0 Å². The average molecular weight is 314 g/mol. The smallest absolute Gasteiger partial charge is 0.228 e. The van der Waals surface area contributed by atoms with E-state index in [-0.39, 0.29) is 12.3 Å². The zero-order valence-electron chi connectivity index (χ0n) is 12.7. The lowest BCUT2D eigenvalue weighted by molar-refractivity contribution is -0.306. The standard InChI is InChI=1S/C18H18FNO3/c1-12(13-5-3-2-4-6-13)16(11-17(21)22)18(23)20-15-9-7-14(19)8-10-15/h2-10,12,16H,11H2,1H3,(H,20,23)(H,21,22)/p-1/t12-,16+/m1/s1. The second-order valence-corrected chi connectivity index (χ2v) is 5.38. The fraction of sp³-hybridized carbons (Fsp3) is 0.222. The first-order valence-electron chi connectivity index (χ1n) is 7.28. The van der Waals surface area contributed by atoms with Crippen LogP contribution in [0.5, 0.6) is 0 Å². The normalized spacial score (nSPS) is 13.1. The molecule has 120 valence electrons. The van der Waals surface area contributed by atoms with Crippen LogP contribution in [0.25, 0.3) is 0 Å². The summed E-state index contributed by atoms with van der Waals surface area (Å²) in [5, 5.41) is 13.6. The Kier molecular flexibility index (Phi) is 5.46. The Morgan fingerprint density at radius 1 is 1.09 bits per heavy atom. The molecule has 0 heterocycles. The van der Waals surface area contributed by atoms with E-state index in [4.69, 9.17) is 0 Å². The van der Waals surface area contributed by atoms with Crippen LogP contribution in [0.1, 0.15) is 24.8 Å². The number of amides is 1. The highest BCUT2D eigenvalue weighted by Crippen LogP contribution is 2.28. The number of carboxylic acid groups (broad SMARTS) is 1. The van der Waals surface area contributed by atoms with Crippen LogP contribution in [0, 0.1) is 11.7 Å². The molecule has 2 aromatic rings. The van der Waals surface area contributed by atoms with Crippen LogP contribution in [0.2, 0.25) is 0 Å². The summed E-state index contributed by atoms with van der Waals surface area (Å²) in [6.07, 6.45) is -0.386. The zero-order valence-corrected chi connectivity index (χ0v) is 12.7. The third-order valence-corrected chi connectivity index (χ3v) is 3.76. The molecular weight excluding hydrogens is 297 g/mol. The first-order valence-corrected chi connectivity index (χ1v) is 7.28. The van der Waals surface area contributed by atoms with Gasteiger partial charge in [-0.1, -0.05) is 37.3 Å². The fourth-order valence-electron chi connectivity index (χ4n) is 2.43. The third-order valence-electron chi connectivity index (χ3n) is 3.76. The number of anilines is 1. The van der Waals surface area contributed by atoms with Gasteiger partial charge in [0.05, 0.1) is 5.92 Å². The van der Waals surface area contributed by atoms with Gasteiger partial charge >= 0.3 is 0 Å². The maximum atomic E-state index is 12.9. The monoisotopic (exact) mass is 314 g/mol. The molecule has 0 unspecified atom stereocenters. The summed E-state index contributed by atoms with van der Waals surface area (Å²) in [5.74, 6) is -3.21. The summed E-state index contributed by atoms with van der Waals surface area (Å²) >= 11 is 0. The second kappa shape index (κ2) is 7.54. The molecule has 0 aliphatic rings. The van der Waals surface area contributed by atoms with Gasteiger partial charge in [-0.05, 0) is 42.2 Å². The molecule has 23 heavy (non-hydrogen) atoms. The summed E-state index contributed by atoms with van der Waals surface area (Å²) in [7, 11) is 0. The van der Waals surface area contributed by atoms with Gasteiger partial charge in [-0.25, -0.2) is 4.39 Å². The Morgan fingerprint density at radius 2 is 1.70 bits per heavy atom. The molecule has 2 rings (SSSR count). The molecule has 0 fully saturated rings. The molecule has 4 nitrogen and oxygen atoms in total. The lowest BCUT2D eigenvalue weighted by Crippen LogP contribution is -2.34. The van der Waals surface area contributed by atoms with Crippen molar-refractivity contribution in [2.24, 2.45) is 5.92 Å². The lowest BCUT2D eigenvalue weighted by Gasteiger charge is -2.24. The van der Waals surface area contributed by atoms with Crippen LogP contribution >= 0.6 is 0 Å². The van der Waals surface area contributed by atoms with Crippen molar-refractivity contribution in [1.29, 1.82) is 0 Å². The van der Waals surface area contributed by atoms with E-state index >= 15 is 0 Å². The van der Waals surface area contributed by atoms with Crippen LogP contribution < -0.4 is 10.4 Å². The molecular formula is C18H17FNO3-. The Bertz CT molecular complexity index is 670. The molecule has 2 atom stereocenters. The van der Waals surface area contributed by atoms with Crippen molar-refractivity contribution in [1.82, 2.24) is 0 Å². The van der Waals surface area contributed by atoms with Gasteiger partial charge in [0.25, 0.3) is 0 Å². The van der Waals surface area contributed by atoms with Crippen LogP contribution in [0.15, 0.2) is 54.6 Å². The predicted molar refractivity (Wildman–Crippen MR) is 83.0 cm³/mol. The van der Waals surface area contributed by atoms with Gasteiger partial charge in [0, 0.05) is 11.7 Å². The van der Waals surface area contributed by atoms with Crippen molar-refractivity contribution in [3.05, 3.63) is 66.0 Å². The minimum atomic E-state index is -1.29. The van der Waals surface area contributed by atoms with Crippen LogP contribution in [0.4, 0.5) is 10.1 Å². The predicted octanol–water partition coefficient (Wildman–Crippen LogP) is 2.32. The lowest BCUT2D eigenvalue weighted by atomic mass is 9.84. The van der Waals surface area contributed by atoms with E-state index in [2.05, 4.69) is 5.32 Å². The fourth-order valence-corrected chi connectivity index (χ4v) is 2.43. The molecule has 0 aromatic heterocycles. The van der Waals surface area contributed by atoms with Crippen LogP contribution in [0.3, 0.4) is 0 Å². The molecule has 2 aromatic carbocycles. The van der Waals surface area contributed by atoms with Crippen LogP contribution in [-0.2, 0) is 9.59 Å². The van der Waals surface area contributed by atoms with E-state index < -0.39 is 23.6 Å². The van der Waals surface area contributed by atoms with Crippen molar-refractivity contribution in [2.45, 2.75) is 19.3 Å². The Morgan fingerprint density at radius 3 is 2.26 bits per heavy atom. The van der Waals surface area contributed by atoms with Gasteiger partial charge in [0.1, 0.15) is 5.82 Å². The summed E-state index contributed by atoms with van der Waals surface area (Å²) in [6.45, 7) is 1.80. The van der Waals surface area contributed by atoms with Crippen molar-refractivity contribution in [3.8, 4) is 0 Å². The number of carbonyl (C=O) groups excluding carboxylic acids is 2. The molecule has 0 aliphatic heterocycles. The second-order valence-electron chi connectivity index (χ2n) is 5.38. The number of halogens is 1. The third kappa shape index (κ3) is 4.64. The molecule has 0 bridgehead atoms.